The van der Waals surface area contributed by atoms with E-state index in [2.05, 4.69) is 5.32 Å². The van der Waals surface area contributed by atoms with Gasteiger partial charge in [0.2, 0.25) is 6.41 Å². The smallest absolute Gasteiger partial charge is 0.207 e. The van der Waals surface area contributed by atoms with Gasteiger partial charge in [-0.2, -0.15) is 0 Å². The van der Waals surface area contributed by atoms with Crippen molar-refractivity contribution in [3.63, 3.8) is 0 Å². The topological polar surface area (TPSA) is 49.3 Å². The number of amides is 1. The van der Waals surface area contributed by atoms with Crippen LogP contribution in [0.3, 0.4) is 0 Å². The lowest BCUT2D eigenvalue weighted by Crippen LogP contribution is -2.33. The molecule has 0 bridgehead atoms. The lowest BCUT2D eigenvalue weighted by molar-refractivity contribution is -0.109. The third-order valence-electron chi connectivity index (χ3n) is 2.33. The van der Waals surface area contributed by atoms with E-state index in [1.165, 1.54) is 6.42 Å². The maximum atomic E-state index is 9.96. The zero-order chi connectivity index (χ0) is 8.10. The lowest BCUT2D eigenvalue weighted by Gasteiger charge is -2.26. The summed E-state index contributed by atoms with van der Waals surface area (Å²) in [6.45, 7) is 0.630. The zero-order valence-corrected chi connectivity index (χ0v) is 6.62. The molecule has 2 atom stereocenters. The van der Waals surface area contributed by atoms with E-state index < -0.39 is 0 Å². The Balaban J connectivity index is 2.23. The van der Waals surface area contributed by atoms with Gasteiger partial charge in [0, 0.05) is 12.5 Å². The predicted molar refractivity (Wildman–Crippen MR) is 42.0 cm³/mol. The molecule has 0 aromatic heterocycles. The van der Waals surface area contributed by atoms with Gasteiger partial charge in [-0.05, 0) is 12.8 Å². The maximum Gasteiger partial charge on any atom is 0.207 e. The summed E-state index contributed by atoms with van der Waals surface area (Å²) in [5, 5.41) is 12.0. The molecule has 0 radical (unpaired) electrons. The molecule has 1 aliphatic rings. The Kier molecular flexibility index (Phi) is 3.36. The van der Waals surface area contributed by atoms with Gasteiger partial charge in [0.05, 0.1) is 6.10 Å². The van der Waals surface area contributed by atoms with E-state index in [-0.39, 0.29) is 12.0 Å². The molecular formula is C8H15NO2. The third-order valence-corrected chi connectivity index (χ3v) is 2.33. The molecule has 1 amide bonds. The molecule has 0 aromatic rings. The maximum absolute atomic E-state index is 9.96. The van der Waals surface area contributed by atoms with Crippen LogP contribution in [0.15, 0.2) is 0 Å². The van der Waals surface area contributed by atoms with Gasteiger partial charge in [0.15, 0.2) is 0 Å². The van der Waals surface area contributed by atoms with Crippen molar-refractivity contribution in [3.8, 4) is 0 Å². The van der Waals surface area contributed by atoms with Crippen molar-refractivity contribution in [3.05, 3.63) is 0 Å². The molecule has 1 saturated carbocycles. The number of hydrogen-bond donors (Lipinski definition) is 2. The van der Waals surface area contributed by atoms with E-state index in [9.17, 15) is 9.90 Å². The van der Waals surface area contributed by atoms with Crippen LogP contribution in [0.2, 0.25) is 0 Å². The Labute approximate surface area is 66.8 Å². The molecule has 1 rings (SSSR count). The highest BCUT2D eigenvalue weighted by Crippen LogP contribution is 2.23. The van der Waals surface area contributed by atoms with Gasteiger partial charge in [0.1, 0.15) is 0 Å². The molecule has 0 heterocycles. The van der Waals surface area contributed by atoms with Crippen molar-refractivity contribution in [2.75, 3.05) is 6.54 Å². The SMILES string of the molecule is O=CNCC1CCCCC1O. The van der Waals surface area contributed by atoms with Gasteiger partial charge >= 0.3 is 0 Å². The Bertz CT molecular complexity index is 127. The molecule has 0 aromatic carbocycles. The summed E-state index contributed by atoms with van der Waals surface area (Å²) in [6.07, 6.45) is 4.74. The number of carbonyl (C=O) groups is 1. The van der Waals surface area contributed by atoms with Crippen LogP contribution in [-0.2, 0) is 4.79 Å². The van der Waals surface area contributed by atoms with Crippen LogP contribution in [0, 0.1) is 5.92 Å². The average Bonchev–Trinajstić information content (AvgIpc) is 2.03. The Hall–Kier alpha value is -0.570. The molecule has 2 N–H and O–H groups in total. The molecule has 11 heavy (non-hydrogen) atoms. The van der Waals surface area contributed by atoms with Gasteiger partial charge in [0.25, 0.3) is 0 Å². The van der Waals surface area contributed by atoms with E-state index in [4.69, 9.17) is 0 Å². The van der Waals surface area contributed by atoms with Gasteiger partial charge in [-0.1, -0.05) is 12.8 Å². The standard InChI is InChI=1S/C8H15NO2/c10-6-9-5-7-3-1-2-4-8(7)11/h6-8,11H,1-5H2,(H,9,10). The fourth-order valence-corrected chi connectivity index (χ4v) is 1.63. The lowest BCUT2D eigenvalue weighted by atomic mass is 9.86. The van der Waals surface area contributed by atoms with E-state index in [1.54, 1.807) is 0 Å². The van der Waals surface area contributed by atoms with Gasteiger partial charge in [-0.25, -0.2) is 0 Å². The molecule has 3 nitrogen and oxygen atoms in total. The zero-order valence-electron chi connectivity index (χ0n) is 6.62. The number of hydrogen-bond acceptors (Lipinski definition) is 2. The van der Waals surface area contributed by atoms with Crippen LogP contribution in [0.25, 0.3) is 0 Å². The number of rotatable bonds is 3. The Morgan fingerprint density at radius 1 is 1.45 bits per heavy atom. The summed E-state index contributed by atoms with van der Waals surface area (Å²) >= 11 is 0. The first-order chi connectivity index (χ1) is 5.34. The Morgan fingerprint density at radius 3 is 2.82 bits per heavy atom. The molecular weight excluding hydrogens is 142 g/mol. The summed E-state index contributed by atoms with van der Waals surface area (Å²) in [7, 11) is 0. The fraction of sp³-hybridized carbons (Fsp3) is 0.875. The largest absolute Gasteiger partial charge is 0.393 e. The fourth-order valence-electron chi connectivity index (χ4n) is 1.63. The number of carbonyl (C=O) groups excluding carboxylic acids is 1. The third kappa shape index (κ3) is 2.50. The second kappa shape index (κ2) is 4.34. The van der Waals surface area contributed by atoms with Crippen LogP contribution in [0.4, 0.5) is 0 Å². The van der Waals surface area contributed by atoms with Gasteiger partial charge < -0.3 is 10.4 Å². The molecule has 1 aliphatic carbocycles. The minimum absolute atomic E-state index is 0.198. The van der Waals surface area contributed by atoms with Crippen molar-refractivity contribution in [2.45, 2.75) is 31.8 Å². The molecule has 0 saturated heterocycles. The molecule has 3 heteroatoms. The van der Waals surface area contributed by atoms with Gasteiger partial charge in [-0.3, -0.25) is 4.79 Å². The minimum atomic E-state index is -0.198. The number of aliphatic hydroxyl groups excluding tert-OH is 1. The van der Waals surface area contributed by atoms with Crippen LogP contribution < -0.4 is 5.32 Å². The normalized spacial score (nSPS) is 31.4. The van der Waals surface area contributed by atoms with Crippen molar-refractivity contribution >= 4 is 6.41 Å². The van der Waals surface area contributed by atoms with E-state index in [0.717, 1.165) is 19.3 Å². The summed E-state index contributed by atoms with van der Waals surface area (Å²) in [4.78, 5) is 9.96. The summed E-state index contributed by atoms with van der Waals surface area (Å²) < 4.78 is 0. The first-order valence-corrected chi connectivity index (χ1v) is 4.19. The van der Waals surface area contributed by atoms with Crippen molar-refractivity contribution in [2.24, 2.45) is 5.92 Å². The first-order valence-electron chi connectivity index (χ1n) is 4.19. The second-order valence-electron chi connectivity index (χ2n) is 3.14. The highest BCUT2D eigenvalue weighted by molar-refractivity contribution is 5.45. The highest BCUT2D eigenvalue weighted by atomic mass is 16.3. The quantitative estimate of drug-likeness (QED) is 0.578. The van der Waals surface area contributed by atoms with Gasteiger partial charge in [-0.15, -0.1) is 0 Å². The summed E-state index contributed by atoms with van der Waals surface area (Å²) in [6, 6.07) is 0. The molecule has 2 unspecified atom stereocenters. The van der Waals surface area contributed by atoms with E-state index >= 15 is 0 Å². The molecule has 64 valence electrons. The van der Waals surface area contributed by atoms with Crippen molar-refractivity contribution in [1.29, 1.82) is 0 Å². The summed E-state index contributed by atoms with van der Waals surface area (Å²) in [5.74, 6) is 0.286. The van der Waals surface area contributed by atoms with Crippen LogP contribution in [0.1, 0.15) is 25.7 Å². The van der Waals surface area contributed by atoms with Crippen molar-refractivity contribution < 1.29 is 9.90 Å². The minimum Gasteiger partial charge on any atom is -0.393 e. The Morgan fingerprint density at radius 2 is 2.18 bits per heavy atom. The first kappa shape index (κ1) is 8.53. The molecule has 1 fully saturated rings. The highest BCUT2D eigenvalue weighted by Gasteiger charge is 2.21. The molecule has 0 spiro atoms. The monoisotopic (exact) mass is 157 g/mol. The van der Waals surface area contributed by atoms with Crippen molar-refractivity contribution in [1.82, 2.24) is 5.32 Å². The van der Waals surface area contributed by atoms with Crippen LogP contribution in [-0.4, -0.2) is 24.2 Å². The second-order valence-corrected chi connectivity index (χ2v) is 3.14. The van der Waals surface area contributed by atoms with E-state index in [0.29, 0.717) is 13.0 Å². The predicted octanol–water partition coefficient (Wildman–Crippen LogP) is 0.283. The molecule has 0 aliphatic heterocycles. The summed E-state index contributed by atoms with van der Waals surface area (Å²) in [5.41, 5.74) is 0. The van der Waals surface area contributed by atoms with Crippen LogP contribution in [0.5, 0.6) is 0 Å². The van der Waals surface area contributed by atoms with E-state index in [1.807, 2.05) is 0 Å². The van der Waals surface area contributed by atoms with Crippen LogP contribution >= 0.6 is 0 Å². The number of nitrogens with one attached hydrogen (secondary N) is 1. The average molecular weight is 157 g/mol. The number of aliphatic hydroxyl groups is 1.